The number of carbonyl (C=O) groups excluding carboxylic acids is 3. The van der Waals surface area contributed by atoms with E-state index >= 15 is 0 Å². The van der Waals surface area contributed by atoms with Gasteiger partial charge in [0.25, 0.3) is 0 Å². The summed E-state index contributed by atoms with van der Waals surface area (Å²) in [5, 5.41) is 8.46. The maximum Gasteiger partial charge on any atom is 0.182 e. The molecule has 2 aromatic rings. The standard InChI is InChI=1S/C18H16ClN3O3/c19-13-11(5-6-22-17(8-1-2-8)20-21-18(13)22)16(25)12-14(23)9-3-4-10(7-9)15(12)24/h5-6,8-10,12H,1-4,7H2. The number of carbonyl (C=O) groups is 3. The van der Waals surface area contributed by atoms with Gasteiger partial charge in [0.1, 0.15) is 11.7 Å². The number of nitrogens with zero attached hydrogens (tertiary/aromatic N) is 3. The minimum absolute atomic E-state index is 0.159. The highest BCUT2D eigenvalue weighted by atomic mass is 35.5. The number of fused-ring (bicyclic) bond motifs is 3. The molecule has 3 saturated carbocycles. The van der Waals surface area contributed by atoms with E-state index in [1.54, 1.807) is 16.7 Å². The normalized spacial score (nSPS) is 28.8. The fourth-order valence-corrected chi connectivity index (χ4v) is 4.56. The summed E-state index contributed by atoms with van der Waals surface area (Å²) in [5.41, 5.74) is 0.602. The van der Waals surface area contributed by atoms with E-state index in [1.807, 2.05) is 0 Å². The van der Waals surface area contributed by atoms with Crippen molar-refractivity contribution in [3.8, 4) is 0 Å². The molecule has 128 valence electrons. The maximum atomic E-state index is 13.0. The first kappa shape index (κ1) is 15.2. The molecule has 0 N–H and O–H groups in total. The Labute approximate surface area is 148 Å². The van der Waals surface area contributed by atoms with Crippen LogP contribution in [0.15, 0.2) is 12.3 Å². The van der Waals surface area contributed by atoms with Crippen LogP contribution in [0.1, 0.15) is 54.2 Å². The zero-order valence-electron chi connectivity index (χ0n) is 13.4. The molecule has 0 saturated heterocycles. The summed E-state index contributed by atoms with van der Waals surface area (Å²) < 4.78 is 1.80. The van der Waals surface area contributed by atoms with Crippen molar-refractivity contribution < 1.29 is 14.4 Å². The number of rotatable bonds is 3. The summed E-state index contributed by atoms with van der Waals surface area (Å²) in [4.78, 5) is 38.1. The van der Waals surface area contributed by atoms with Crippen molar-refractivity contribution in [2.75, 3.05) is 0 Å². The van der Waals surface area contributed by atoms with E-state index < -0.39 is 11.7 Å². The lowest BCUT2D eigenvalue weighted by atomic mass is 9.75. The number of ketones is 3. The van der Waals surface area contributed by atoms with Crippen LogP contribution in [0, 0.1) is 17.8 Å². The average Bonchev–Trinajstić information content (AvgIpc) is 3.18. The van der Waals surface area contributed by atoms with Crippen LogP contribution >= 0.6 is 11.6 Å². The Bertz CT molecular complexity index is 924. The SMILES string of the molecule is O=C(c1ccn2c(C3CC3)nnc2c1Cl)C1C(=O)C2CCC(C2)C1=O. The van der Waals surface area contributed by atoms with Crippen LogP contribution in [0.25, 0.3) is 5.65 Å². The predicted molar refractivity (Wildman–Crippen MR) is 88.6 cm³/mol. The third-order valence-electron chi connectivity index (χ3n) is 5.82. The Hall–Kier alpha value is -2.08. The quantitative estimate of drug-likeness (QED) is 0.623. The number of Topliss-reactive ketones (excluding diaryl/α,β-unsaturated/α-hetero) is 3. The van der Waals surface area contributed by atoms with E-state index in [1.165, 1.54) is 0 Å². The largest absolute Gasteiger partial charge is 0.298 e. The Morgan fingerprint density at radius 2 is 1.68 bits per heavy atom. The van der Waals surface area contributed by atoms with Gasteiger partial charge in [-0.2, -0.15) is 0 Å². The van der Waals surface area contributed by atoms with Crippen LogP contribution in [0.5, 0.6) is 0 Å². The lowest BCUT2D eigenvalue weighted by Crippen LogP contribution is -2.41. The first-order valence-corrected chi connectivity index (χ1v) is 9.09. The van der Waals surface area contributed by atoms with Crippen molar-refractivity contribution in [2.45, 2.75) is 38.0 Å². The van der Waals surface area contributed by atoms with Gasteiger partial charge in [0, 0.05) is 29.5 Å². The van der Waals surface area contributed by atoms with Crippen molar-refractivity contribution in [2.24, 2.45) is 17.8 Å². The van der Waals surface area contributed by atoms with Crippen molar-refractivity contribution >= 4 is 34.6 Å². The molecule has 2 atom stereocenters. The monoisotopic (exact) mass is 357 g/mol. The molecule has 0 radical (unpaired) electrons. The number of hydrogen-bond acceptors (Lipinski definition) is 5. The van der Waals surface area contributed by atoms with Crippen molar-refractivity contribution in [3.05, 3.63) is 28.7 Å². The molecule has 2 bridgehead atoms. The number of pyridine rings is 1. The second kappa shape index (κ2) is 5.21. The summed E-state index contributed by atoms with van der Waals surface area (Å²) >= 11 is 6.41. The lowest BCUT2D eigenvalue weighted by Gasteiger charge is -2.24. The fourth-order valence-electron chi connectivity index (χ4n) is 4.28. The minimum atomic E-state index is -1.20. The molecule has 3 fully saturated rings. The van der Waals surface area contributed by atoms with Gasteiger partial charge in [-0.1, -0.05) is 11.6 Å². The second-order valence-electron chi connectivity index (χ2n) is 7.38. The van der Waals surface area contributed by atoms with Crippen LogP contribution in [-0.2, 0) is 9.59 Å². The van der Waals surface area contributed by atoms with Crippen molar-refractivity contribution in [3.63, 3.8) is 0 Å². The van der Waals surface area contributed by atoms with Gasteiger partial charge in [0.2, 0.25) is 0 Å². The highest BCUT2D eigenvalue weighted by Crippen LogP contribution is 2.42. The summed E-state index contributed by atoms with van der Waals surface area (Å²) in [5.74, 6) is -1.24. The average molecular weight is 358 g/mol. The van der Waals surface area contributed by atoms with Gasteiger partial charge < -0.3 is 0 Å². The molecule has 0 amide bonds. The number of aromatic nitrogens is 3. The molecule has 3 aliphatic carbocycles. The maximum absolute atomic E-state index is 13.0. The van der Waals surface area contributed by atoms with Crippen LogP contribution in [0.3, 0.4) is 0 Å². The van der Waals surface area contributed by atoms with E-state index in [0.717, 1.165) is 18.7 Å². The molecule has 7 heteroatoms. The van der Waals surface area contributed by atoms with Crippen molar-refractivity contribution in [1.29, 1.82) is 0 Å². The van der Waals surface area contributed by atoms with Crippen LogP contribution < -0.4 is 0 Å². The Kier molecular flexibility index (Phi) is 3.17. The van der Waals surface area contributed by atoms with Gasteiger partial charge in [-0.3, -0.25) is 18.8 Å². The van der Waals surface area contributed by atoms with E-state index in [4.69, 9.17) is 11.6 Å². The fraction of sp³-hybridized carbons (Fsp3) is 0.500. The third-order valence-corrected chi connectivity index (χ3v) is 6.19. The third kappa shape index (κ3) is 2.13. The van der Waals surface area contributed by atoms with Gasteiger partial charge in [0.15, 0.2) is 23.0 Å². The molecular formula is C18H16ClN3O3. The molecule has 2 heterocycles. The first-order valence-electron chi connectivity index (χ1n) is 8.71. The van der Waals surface area contributed by atoms with Crippen LogP contribution in [0.4, 0.5) is 0 Å². The molecule has 0 spiro atoms. The minimum Gasteiger partial charge on any atom is -0.298 e. The van der Waals surface area contributed by atoms with Gasteiger partial charge in [-0.25, -0.2) is 0 Å². The first-order chi connectivity index (χ1) is 12.1. The summed E-state index contributed by atoms with van der Waals surface area (Å²) in [6.07, 6.45) is 5.89. The van der Waals surface area contributed by atoms with E-state index in [9.17, 15) is 14.4 Å². The molecule has 25 heavy (non-hydrogen) atoms. The number of hydrogen-bond donors (Lipinski definition) is 0. The second-order valence-corrected chi connectivity index (χ2v) is 7.76. The highest BCUT2D eigenvalue weighted by Gasteiger charge is 2.50. The summed E-state index contributed by atoms with van der Waals surface area (Å²) in [6.45, 7) is 0. The molecular weight excluding hydrogens is 342 g/mol. The zero-order chi connectivity index (χ0) is 17.3. The van der Waals surface area contributed by atoms with Crippen molar-refractivity contribution in [1.82, 2.24) is 14.6 Å². The van der Waals surface area contributed by atoms with Gasteiger partial charge in [0.05, 0.1) is 5.02 Å². The summed E-state index contributed by atoms with van der Waals surface area (Å²) in [7, 11) is 0. The smallest absolute Gasteiger partial charge is 0.182 e. The van der Waals surface area contributed by atoms with Gasteiger partial charge in [-0.05, 0) is 38.2 Å². The molecule has 2 unspecified atom stereocenters. The molecule has 6 nitrogen and oxygen atoms in total. The Balaban J connectivity index is 1.56. The summed E-state index contributed by atoms with van der Waals surface area (Å²) in [6, 6.07) is 1.59. The Morgan fingerprint density at radius 1 is 1.04 bits per heavy atom. The number of halogens is 1. The topological polar surface area (TPSA) is 81.4 Å². The van der Waals surface area contributed by atoms with E-state index in [0.29, 0.717) is 30.8 Å². The molecule has 0 aliphatic heterocycles. The molecule has 3 aliphatic rings. The van der Waals surface area contributed by atoms with Gasteiger partial charge >= 0.3 is 0 Å². The van der Waals surface area contributed by atoms with Crippen LogP contribution in [-0.4, -0.2) is 31.9 Å². The van der Waals surface area contributed by atoms with Gasteiger partial charge in [-0.15, -0.1) is 10.2 Å². The highest BCUT2D eigenvalue weighted by molar-refractivity contribution is 6.38. The predicted octanol–water partition coefficient (Wildman–Crippen LogP) is 2.63. The van der Waals surface area contributed by atoms with E-state index in [2.05, 4.69) is 10.2 Å². The lowest BCUT2D eigenvalue weighted by molar-refractivity contribution is -0.137. The molecule has 0 aromatic carbocycles. The Morgan fingerprint density at radius 3 is 2.32 bits per heavy atom. The molecule has 2 aromatic heterocycles. The molecule has 5 rings (SSSR count). The van der Waals surface area contributed by atoms with E-state index in [-0.39, 0.29) is 34.0 Å². The van der Waals surface area contributed by atoms with Crippen LogP contribution in [0.2, 0.25) is 5.02 Å². The zero-order valence-corrected chi connectivity index (χ0v) is 14.2.